The Labute approximate surface area is 101 Å². The van der Waals surface area contributed by atoms with Crippen LogP contribution >= 0.6 is 0 Å². The molecule has 1 N–H and O–H groups in total. The average molecular weight is 274 g/mol. The zero-order chi connectivity index (χ0) is 14.5. The van der Waals surface area contributed by atoms with Crippen LogP contribution in [0.15, 0.2) is 0 Å². The molecule has 5 nitrogen and oxygen atoms in total. The van der Waals surface area contributed by atoms with E-state index in [1.165, 1.54) is 4.90 Å². The molecule has 9 heteroatoms. The van der Waals surface area contributed by atoms with Gasteiger partial charge < -0.3 is 14.9 Å². The summed E-state index contributed by atoms with van der Waals surface area (Å²) >= 11 is 0. The van der Waals surface area contributed by atoms with E-state index in [2.05, 4.69) is 0 Å². The van der Waals surface area contributed by atoms with E-state index in [1.807, 2.05) is 0 Å². The number of hydrogen-bond acceptors (Lipinski definition) is 3. The van der Waals surface area contributed by atoms with Crippen LogP contribution in [0.3, 0.4) is 0 Å². The molecule has 0 heterocycles. The first-order chi connectivity index (χ1) is 8.09. The van der Waals surface area contributed by atoms with Gasteiger partial charge in [0.25, 0.3) is 5.91 Å². The second kappa shape index (κ2) is 6.53. The molecule has 0 saturated heterocycles. The van der Waals surface area contributed by atoms with E-state index in [4.69, 9.17) is 5.11 Å². The molecule has 0 aromatic rings. The largest absolute Gasteiger partial charge is 0.480 e. The van der Waals surface area contributed by atoms with Gasteiger partial charge in [0.2, 0.25) is 0 Å². The third-order valence-electron chi connectivity index (χ3n) is 1.99. The van der Waals surface area contributed by atoms with E-state index in [9.17, 15) is 27.2 Å². The van der Waals surface area contributed by atoms with Crippen LogP contribution in [0.25, 0.3) is 0 Å². The van der Waals surface area contributed by atoms with Crippen molar-refractivity contribution >= 4 is 11.9 Å². The first-order valence-corrected chi connectivity index (χ1v) is 4.91. The summed E-state index contributed by atoms with van der Waals surface area (Å²) in [5, 5.41) is 8.46. The Bertz CT molecular complexity index is 310. The zero-order valence-electron chi connectivity index (χ0n) is 9.87. The van der Waals surface area contributed by atoms with Gasteiger partial charge in [0.15, 0.2) is 0 Å². The number of likely N-dealkylation sites (N-methyl/N-ethyl adjacent to an activating group) is 1. The van der Waals surface area contributed by atoms with Crippen molar-refractivity contribution in [2.24, 2.45) is 0 Å². The Hall–Kier alpha value is -1.38. The fourth-order valence-corrected chi connectivity index (χ4v) is 1.04. The number of hydrogen-bond donors (Lipinski definition) is 1. The van der Waals surface area contributed by atoms with Crippen LogP contribution in [0.4, 0.5) is 17.6 Å². The van der Waals surface area contributed by atoms with E-state index in [0.717, 1.165) is 0 Å². The predicted molar refractivity (Wildman–Crippen MR) is 53.7 cm³/mol. The summed E-state index contributed by atoms with van der Waals surface area (Å²) in [6.07, 6.45) is -4.17. The second-order valence-corrected chi connectivity index (χ2v) is 3.85. The minimum atomic E-state index is -4.87. The van der Waals surface area contributed by atoms with Crippen LogP contribution < -0.4 is 0 Å². The molecule has 0 bridgehead atoms. The normalized spacial score (nSPS) is 12.0. The number of rotatable bonds is 7. The molecule has 0 spiro atoms. The molecule has 0 aromatic heterocycles. The number of nitrogens with zero attached hydrogens (tertiary/aromatic N) is 2. The smallest absolute Gasteiger partial charge is 0.383 e. The molecule has 106 valence electrons. The highest BCUT2D eigenvalue weighted by Crippen LogP contribution is 2.25. The van der Waals surface area contributed by atoms with Crippen LogP contribution in [0.2, 0.25) is 0 Å². The third-order valence-corrected chi connectivity index (χ3v) is 1.99. The SMILES string of the molecule is CN(C)CCN(CC(=O)O)C(=O)C(F)(F)C(F)F. The molecule has 0 radical (unpaired) electrons. The van der Waals surface area contributed by atoms with Crippen LogP contribution in [0.1, 0.15) is 0 Å². The maximum atomic E-state index is 12.8. The lowest BCUT2D eigenvalue weighted by Crippen LogP contribution is -2.51. The Morgan fingerprint density at radius 2 is 1.72 bits per heavy atom. The third kappa shape index (κ3) is 4.86. The summed E-state index contributed by atoms with van der Waals surface area (Å²) in [7, 11) is 3.13. The lowest BCUT2D eigenvalue weighted by atomic mass is 10.3. The highest BCUT2D eigenvalue weighted by Gasteiger charge is 2.51. The minimum Gasteiger partial charge on any atom is -0.480 e. The fraction of sp³-hybridized carbons (Fsp3) is 0.778. The molecule has 0 aliphatic rings. The van der Waals surface area contributed by atoms with Gasteiger partial charge in [-0.05, 0) is 14.1 Å². The number of aliphatic carboxylic acids is 1. The molecule has 18 heavy (non-hydrogen) atoms. The number of carbonyl (C=O) groups is 2. The van der Waals surface area contributed by atoms with E-state index in [-0.39, 0.29) is 18.0 Å². The molecule has 0 fully saturated rings. The number of carboxylic acid groups (broad SMARTS) is 1. The summed E-state index contributed by atoms with van der Waals surface area (Å²) in [6, 6.07) is 0. The van der Waals surface area contributed by atoms with Gasteiger partial charge >= 0.3 is 18.3 Å². The predicted octanol–water partition coefficient (Wildman–Crippen LogP) is 0.362. The quantitative estimate of drug-likeness (QED) is 0.681. The van der Waals surface area contributed by atoms with E-state index < -0.39 is 30.8 Å². The summed E-state index contributed by atoms with van der Waals surface area (Å²) in [6.45, 7) is -1.34. The van der Waals surface area contributed by atoms with Gasteiger partial charge in [-0.1, -0.05) is 0 Å². The van der Waals surface area contributed by atoms with Crippen LogP contribution in [-0.2, 0) is 9.59 Å². The van der Waals surface area contributed by atoms with Crippen molar-refractivity contribution < 1.29 is 32.3 Å². The summed E-state index contributed by atoms with van der Waals surface area (Å²) in [5.41, 5.74) is 0. The Balaban J connectivity index is 4.84. The molecular formula is C9H14F4N2O3. The number of halogens is 4. The van der Waals surface area contributed by atoms with E-state index in [1.54, 1.807) is 14.1 Å². The highest BCUT2D eigenvalue weighted by molar-refractivity contribution is 5.87. The topological polar surface area (TPSA) is 60.9 Å². The van der Waals surface area contributed by atoms with Gasteiger partial charge in [0.1, 0.15) is 6.54 Å². The minimum absolute atomic E-state index is 0.0817. The molecule has 0 unspecified atom stereocenters. The van der Waals surface area contributed by atoms with E-state index in [0.29, 0.717) is 0 Å². The first-order valence-electron chi connectivity index (χ1n) is 4.91. The standard InChI is InChI=1S/C9H14F4N2O3/c1-14(2)3-4-15(5-6(16)17)8(18)9(12,13)7(10)11/h7H,3-5H2,1-2H3,(H,16,17). The zero-order valence-corrected chi connectivity index (χ0v) is 9.87. The van der Waals surface area contributed by atoms with E-state index >= 15 is 0 Å². The molecule has 0 aliphatic carbocycles. The molecule has 0 atom stereocenters. The van der Waals surface area contributed by atoms with Crippen LogP contribution in [-0.4, -0.2) is 72.9 Å². The van der Waals surface area contributed by atoms with Crippen LogP contribution in [0.5, 0.6) is 0 Å². The molecule has 0 saturated carbocycles. The molecule has 0 aliphatic heterocycles. The van der Waals surface area contributed by atoms with Crippen molar-refractivity contribution in [1.29, 1.82) is 0 Å². The molecular weight excluding hydrogens is 260 g/mol. The lowest BCUT2D eigenvalue weighted by molar-refractivity contribution is -0.182. The van der Waals surface area contributed by atoms with Crippen molar-refractivity contribution in [3.8, 4) is 0 Å². The number of carbonyl (C=O) groups excluding carboxylic acids is 1. The maximum absolute atomic E-state index is 12.8. The number of amides is 1. The van der Waals surface area contributed by atoms with Crippen molar-refractivity contribution in [2.45, 2.75) is 12.3 Å². The maximum Gasteiger partial charge on any atom is 0.383 e. The fourth-order valence-electron chi connectivity index (χ4n) is 1.04. The lowest BCUT2D eigenvalue weighted by Gasteiger charge is -2.26. The number of alkyl halides is 4. The highest BCUT2D eigenvalue weighted by atomic mass is 19.3. The monoisotopic (exact) mass is 274 g/mol. The van der Waals surface area contributed by atoms with Gasteiger partial charge in [0, 0.05) is 13.1 Å². The van der Waals surface area contributed by atoms with Crippen molar-refractivity contribution in [3.63, 3.8) is 0 Å². The molecule has 0 rings (SSSR count). The van der Waals surface area contributed by atoms with Gasteiger partial charge in [-0.3, -0.25) is 9.59 Å². The summed E-state index contributed by atoms with van der Waals surface area (Å²) in [4.78, 5) is 23.3. The van der Waals surface area contributed by atoms with Gasteiger partial charge in [-0.2, -0.15) is 8.78 Å². The molecule has 0 aromatic carbocycles. The van der Waals surface area contributed by atoms with Crippen LogP contribution in [0, 0.1) is 0 Å². The molecule has 1 amide bonds. The summed E-state index contributed by atoms with van der Waals surface area (Å²) in [5.74, 6) is -8.60. The Kier molecular flexibility index (Phi) is 6.02. The van der Waals surface area contributed by atoms with Gasteiger partial charge in [-0.15, -0.1) is 0 Å². The Morgan fingerprint density at radius 1 is 1.22 bits per heavy atom. The Morgan fingerprint density at radius 3 is 2.06 bits per heavy atom. The van der Waals surface area contributed by atoms with Gasteiger partial charge in [-0.25, -0.2) is 8.78 Å². The van der Waals surface area contributed by atoms with Gasteiger partial charge in [0.05, 0.1) is 0 Å². The number of carboxylic acids is 1. The first kappa shape index (κ1) is 16.6. The van der Waals surface area contributed by atoms with Crippen molar-refractivity contribution in [3.05, 3.63) is 0 Å². The summed E-state index contributed by atoms with van der Waals surface area (Å²) < 4.78 is 49.6. The van der Waals surface area contributed by atoms with Crippen molar-refractivity contribution in [2.75, 3.05) is 33.7 Å². The average Bonchev–Trinajstić information content (AvgIpc) is 2.22. The second-order valence-electron chi connectivity index (χ2n) is 3.85. The van der Waals surface area contributed by atoms with Crippen molar-refractivity contribution in [1.82, 2.24) is 9.80 Å².